The first-order valence-electron chi connectivity index (χ1n) is 6.00. The van der Waals surface area contributed by atoms with Gasteiger partial charge in [-0.15, -0.1) is 23.1 Å². The van der Waals surface area contributed by atoms with Gasteiger partial charge in [-0.2, -0.15) is 0 Å². The Bertz CT molecular complexity index is 613. The molecular weight excluding hydrogens is 358 g/mol. The van der Waals surface area contributed by atoms with E-state index < -0.39 is 5.97 Å². The SMILES string of the molecule is CSc1cccc(NCCc2ccc(Br)s2)c1C(=O)O. The maximum atomic E-state index is 11.4. The average Bonchev–Trinajstić information content (AvgIpc) is 2.83. The van der Waals surface area contributed by atoms with Crippen LogP contribution in [0.2, 0.25) is 0 Å². The summed E-state index contributed by atoms with van der Waals surface area (Å²) in [4.78, 5) is 13.4. The van der Waals surface area contributed by atoms with E-state index in [0.29, 0.717) is 17.8 Å². The number of thioether (sulfide) groups is 1. The number of carboxylic acids is 1. The molecule has 2 N–H and O–H groups in total. The van der Waals surface area contributed by atoms with E-state index in [-0.39, 0.29) is 0 Å². The molecule has 20 heavy (non-hydrogen) atoms. The van der Waals surface area contributed by atoms with Crippen molar-refractivity contribution in [3.8, 4) is 0 Å². The second kappa shape index (κ2) is 7.15. The second-order valence-electron chi connectivity index (χ2n) is 4.07. The summed E-state index contributed by atoms with van der Waals surface area (Å²) in [6.07, 6.45) is 2.76. The standard InChI is InChI=1S/C14H14BrNO2S2/c1-19-11-4-2-3-10(13(11)14(17)18)16-8-7-9-5-6-12(15)20-9/h2-6,16H,7-8H2,1H3,(H,17,18). The van der Waals surface area contributed by atoms with Crippen LogP contribution in [0.1, 0.15) is 15.2 Å². The van der Waals surface area contributed by atoms with Crippen molar-refractivity contribution in [3.05, 3.63) is 44.6 Å². The van der Waals surface area contributed by atoms with E-state index in [9.17, 15) is 9.90 Å². The first-order valence-corrected chi connectivity index (χ1v) is 8.83. The lowest BCUT2D eigenvalue weighted by molar-refractivity contribution is 0.0694. The van der Waals surface area contributed by atoms with Crippen molar-refractivity contribution in [1.29, 1.82) is 0 Å². The van der Waals surface area contributed by atoms with Crippen molar-refractivity contribution in [2.75, 3.05) is 18.1 Å². The molecule has 1 heterocycles. The molecular formula is C14H14BrNO2S2. The lowest BCUT2D eigenvalue weighted by atomic mass is 10.1. The Balaban J connectivity index is 2.07. The zero-order valence-electron chi connectivity index (χ0n) is 10.9. The molecule has 106 valence electrons. The molecule has 6 heteroatoms. The van der Waals surface area contributed by atoms with Gasteiger partial charge in [-0.25, -0.2) is 4.79 Å². The predicted octanol–water partition coefficient (Wildman–Crippen LogP) is 4.59. The van der Waals surface area contributed by atoms with Crippen molar-refractivity contribution >= 4 is 50.7 Å². The van der Waals surface area contributed by atoms with Gasteiger partial charge in [-0.1, -0.05) is 6.07 Å². The third-order valence-electron chi connectivity index (χ3n) is 2.78. The maximum absolute atomic E-state index is 11.4. The van der Waals surface area contributed by atoms with Crippen LogP contribution in [0.15, 0.2) is 39.0 Å². The molecule has 2 aromatic rings. The van der Waals surface area contributed by atoms with Crippen LogP contribution in [0.25, 0.3) is 0 Å². The lowest BCUT2D eigenvalue weighted by Crippen LogP contribution is -2.10. The maximum Gasteiger partial charge on any atom is 0.338 e. The van der Waals surface area contributed by atoms with E-state index in [1.165, 1.54) is 16.6 Å². The number of carboxylic acid groups (broad SMARTS) is 1. The van der Waals surface area contributed by atoms with Gasteiger partial charge < -0.3 is 10.4 Å². The first kappa shape index (κ1) is 15.4. The second-order valence-corrected chi connectivity index (χ2v) is 7.47. The number of rotatable bonds is 6. The summed E-state index contributed by atoms with van der Waals surface area (Å²) in [5.41, 5.74) is 1.03. The Hall–Kier alpha value is -0.980. The highest BCUT2D eigenvalue weighted by molar-refractivity contribution is 9.11. The van der Waals surface area contributed by atoms with Gasteiger partial charge in [0.2, 0.25) is 0 Å². The third-order valence-corrected chi connectivity index (χ3v) is 5.24. The molecule has 1 aromatic heterocycles. The molecule has 0 fully saturated rings. The van der Waals surface area contributed by atoms with E-state index in [4.69, 9.17) is 0 Å². The first-order chi connectivity index (χ1) is 9.61. The van der Waals surface area contributed by atoms with Crippen LogP contribution in [0.5, 0.6) is 0 Å². The molecule has 2 rings (SSSR count). The van der Waals surface area contributed by atoms with E-state index in [1.807, 2.05) is 30.5 Å². The summed E-state index contributed by atoms with van der Waals surface area (Å²) in [5, 5.41) is 12.6. The zero-order valence-corrected chi connectivity index (χ0v) is 14.1. The summed E-state index contributed by atoms with van der Waals surface area (Å²) >= 11 is 6.58. The number of nitrogens with one attached hydrogen (secondary N) is 1. The number of thiophene rings is 1. The predicted molar refractivity (Wildman–Crippen MR) is 89.4 cm³/mol. The molecule has 0 saturated carbocycles. The van der Waals surface area contributed by atoms with Crippen molar-refractivity contribution < 1.29 is 9.90 Å². The van der Waals surface area contributed by atoms with Crippen LogP contribution in [0.3, 0.4) is 0 Å². The summed E-state index contributed by atoms with van der Waals surface area (Å²) in [6, 6.07) is 9.62. The average molecular weight is 372 g/mol. The van der Waals surface area contributed by atoms with Gasteiger partial charge in [-0.05, 0) is 52.9 Å². The Kier molecular flexibility index (Phi) is 5.51. The van der Waals surface area contributed by atoms with Gasteiger partial charge in [0.25, 0.3) is 0 Å². The van der Waals surface area contributed by atoms with Crippen LogP contribution in [0, 0.1) is 0 Å². The number of hydrogen-bond donors (Lipinski definition) is 2. The van der Waals surface area contributed by atoms with Crippen LogP contribution in [-0.4, -0.2) is 23.9 Å². The van der Waals surface area contributed by atoms with Gasteiger partial charge in [0.15, 0.2) is 0 Å². The van der Waals surface area contributed by atoms with Crippen molar-refractivity contribution in [2.45, 2.75) is 11.3 Å². The van der Waals surface area contributed by atoms with Crippen LogP contribution >= 0.6 is 39.0 Å². The molecule has 0 saturated heterocycles. The topological polar surface area (TPSA) is 49.3 Å². The quantitative estimate of drug-likeness (QED) is 0.729. The highest BCUT2D eigenvalue weighted by atomic mass is 79.9. The molecule has 0 radical (unpaired) electrons. The molecule has 0 spiro atoms. The fourth-order valence-electron chi connectivity index (χ4n) is 1.88. The molecule has 0 unspecified atom stereocenters. The third kappa shape index (κ3) is 3.77. The highest BCUT2D eigenvalue weighted by Crippen LogP contribution is 2.27. The fraction of sp³-hybridized carbons (Fsp3) is 0.214. The minimum Gasteiger partial charge on any atom is -0.478 e. The zero-order chi connectivity index (χ0) is 14.5. The molecule has 0 atom stereocenters. The van der Waals surface area contributed by atoms with Gasteiger partial charge in [0.1, 0.15) is 0 Å². The normalized spacial score (nSPS) is 10.5. The molecule has 0 aliphatic heterocycles. The summed E-state index contributed by atoms with van der Waals surface area (Å²) in [5.74, 6) is -0.892. The molecule has 0 bridgehead atoms. The smallest absolute Gasteiger partial charge is 0.338 e. The van der Waals surface area contributed by atoms with Crippen LogP contribution in [0.4, 0.5) is 5.69 Å². The lowest BCUT2D eigenvalue weighted by Gasteiger charge is -2.11. The van der Waals surface area contributed by atoms with E-state index in [0.717, 1.165) is 15.1 Å². The Morgan fingerprint density at radius 1 is 1.40 bits per heavy atom. The largest absolute Gasteiger partial charge is 0.478 e. The minimum absolute atomic E-state index is 0.354. The molecule has 3 nitrogen and oxygen atoms in total. The van der Waals surface area contributed by atoms with E-state index in [2.05, 4.69) is 27.3 Å². The summed E-state index contributed by atoms with van der Waals surface area (Å²) < 4.78 is 1.11. The van der Waals surface area contributed by atoms with Crippen LogP contribution < -0.4 is 5.32 Å². The number of anilines is 1. The molecule has 1 aromatic carbocycles. The number of benzene rings is 1. The van der Waals surface area contributed by atoms with Crippen molar-refractivity contribution in [2.24, 2.45) is 0 Å². The number of halogens is 1. The van der Waals surface area contributed by atoms with Gasteiger partial charge >= 0.3 is 5.97 Å². The van der Waals surface area contributed by atoms with Crippen molar-refractivity contribution in [1.82, 2.24) is 0 Å². The van der Waals surface area contributed by atoms with E-state index >= 15 is 0 Å². The summed E-state index contributed by atoms with van der Waals surface area (Å²) in [6.45, 7) is 0.713. The Labute approximate surface area is 134 Å². The molecule has 0 amide bonds. The van der Waals surface area contributed by atoms with Crippen LogP contribution in [-0.2, 0) is 6.42 Å². The van der Waals surface area contributed by atoms with Gasteiger partial charge in [-0.3, -0.25) is 0 Å². The monoisotopic (exact) mass is 371 g/mol. The highest BCUT2D eigenvalue weighted by Gasteiger charge is 2.14. The fourth-order valence-corrected chi connectivity index (χ4v) is 3.97. The number of carbonyl (C=O) groups is 1. The van der Waals surface area contributed by atoms with E-state index in [1.54, 1.807) is 11.3 Å². The Morgan fingerprint density at radius 2 is 2.20 bits per heavy atom. The summed E-state index contributed by atoms with van der Waals surface area (Å²) in [7, 11) is 0. The number of aromatic carboxylic acids is 1. The number of hydrogen-bond acceptors (Lipinski definition) is 4. The molecule has 0 aliphatic rings. The van der Waals surface area contributed by atoms with Gasteiger partial charge in [0, 0.05) is 22.0 Å². The minimum atomic E-state index is -0.892. The Morgan fingerprint density at radius 3 is 2.80 bits per heavy atom. The molecule has 0 aliphatic carbocycles. The van der Waals surface area contributed by atoms with Crippen molar-refractivity contribution in [3.63, 3.8) is 0 Å². The van der Waals surface area contributed by atoms with Gasteiger partial charge in [0.05, 0.1) is 9.35 Å².